The van der Waals surface area contributed by atoms with Crippen LogP contribution in [0.4, 0.5) is 0 Å². The molecular weight excluding hydrogens is 456 g/mol. The van der Waals surface area contributed by atoms with E-state index in [1.54, 1.807) is 10.9 Å². The Kier molecular flexibility index (Phi) is 6.85. The van der Waals surface area contributed by atoms with Crippen molar-refractivity contribution >= 4 is 21.8 Å². The first kappa shape index (κ1) is 21.7. The highest BCUT2D eigenvalue weighted by Gasteiger charge is 2.24. The lowest BCUT2D eigenvalue weighted by molar-refractivity contribution is 0.0162. The highest BCUT2D eigenvalue weighted by Crippen LogP contribution is 2.23. The number of morpholine rings is 1. The van der Waals surface area contributed by atoms with E-state index in [4.69, 9.17) is 4.74 Å². The van der Waals surface area contributed by atoms with Crippen LogP contribution < -0.4 is 5.32 Å². The molecule has 0 aliphatic carbocycles. The van der Waals surface area contributed by atoms with Crippen LogP contribution in [0.15, 0.2) is 59.2 Å². The molecule has 0 radical (unpaired) electrons. The number of nitrogens with zero attached hydrogens (tertiary/aromatic N) is 3. The van der Waals surface area contributed by atoms with Crippen molar-refractivity contribution in [2.75, 3.05) is 32.8 Å². The molecule has 1 fully saturated rings. The van der Waals surface area contributed by atoms with Crippen molar-refractivity contribution in [2.45, 2.75) is 19.9 Å². The van der Waals surface area contributed by atoms with Gasteiger partial charge in [0.15, 0.2) is 0 Å². The Hall–Kier alpha value is -2.48. The van der Waals surface area contributed by atoms with Crippen LogP contribution in [-0.4, -0.2) is 53.4 Å². The van der Waals surface area contributed by atoms with E-state index in [0.717, 1.165) is 42.2 Å². The maximum atomic E-state index is 13.0. The number of hydrogen-bond donors (Lipinski definition) is 1. The van der Waals surface area contributed by atoms with Gasteiger partial charge in [0.1, 0.15) is 0 Å². The minimum atomic E-state index is -0.105. The molecule has 31 heavy (non-hydrogen) atoms. The molecule has 1 N–H and O–H groups in total. The fourth-order valence-electron chi connectivity index (χ4n) is 3.98. The van der Waals surface area contributed by atoms with Gasteiger partial charge in [0, 0.05) is 24.1 Å². The number of rotatable bonds is 6. The van der Waals surface area contributed by atoms with Crippen molar-refractivity contribution < 1.29 is 9.53 Å². The number of nitrogens with one attached hydrogen (secondary N) is 1. The monoisotopic (exact) mass is 482 g/mol. The summed E-state index contributed by atoms with van der Waals surface area (Å²) in [5.74, 6) is -0.105. The van der Waals surface area contributed by atoms with Crippen molar-refractivity contribution in [1.29, 1.82) is 0 Å². The van der Waals surface area contributed by atoms with Crippen molar-refractivity contribution in [1.82, 2.24) is 20.0 Å². The Labute approximate surface area is 191 Å². The maximum absolute atomic E-state index is 13.0. The van der Waals surface area contributed by atoms with Crippen molar-refractivity contribution in [3.63, 3.8) is 0 Å². The summed E-state index contributed by atoms with van der Waals surface area (Å²) in [6.45, 7) is 7.70. The van der Waals surface area contributed by atoms with Crippen molar-refractivity contribution in [3.8, 4) is 5.69 Å². The number of hydrogen-bond acceptors (Lipinski definition) is 4. The summed E-state index contributed by atoms with van der Waals surface area (Å²) in [7, 11) is 0. The number of benzene rings is 2. The van der Waals surface area contributed by atoms with E-state index in [0.29, 0.717) is 12.1 Å². The summed E-state index contributed by atoms with van der Waals surface area (Å²) in [5, 5.41) is 7.58. The van der Waals surface area contributed by atoms with Crippen LogP contribution in [0.1, 0.15) is 33.2 Å². The molecule has 2 aromatic carbocycles. The van der Waals surface area contributed by atoms with Crippen LogP contribution in [0.5, 0.6) is 0 Å². The molecule has 1 aromatic heterocycles. The van der Waals surface area contributed by atoms with Gasteiger partial charge in [-0.25, -0.2) is 4.68 Å². The molecule has 4 rings (SSSR count). The number of aromatic nitrogens is 2. The van der Waals surface area contributed by atoms with E-state index < -0.39 is 0 Å². The fourth-order valence-corrected chi connectivity index (χ4v) is 4.25. The van der Waals surface area contributed by atoms with E-state index in [-0.39, 0.29) is 11.9 Å². The first-order valence-corrected chi connectivity index (χ1v) is 11.3. The van der Waals surface area contributed by atoms with E-state index in [2.05, 4.69) is 62.4 Å². The predicted molar refractivity (Wildman–Crippen MR) is 125 cm³/mol. The zero-order valence-electron chi connectivity index (χ0n) is 17.8. The minimum absolute atomic E-state index is 0.105. The standard InChI is InChI=1S/C24H27BrN4O2/c1-17-4-3-5-19(14-17)23(28-10-12-31-13-11-28)16-26-24(30)22-15-27-29(18(22)2)21-8-6-20(25)7-9-21/h3-9,14-15,23H,10-13,16H2,1-2H3,(H,26,30). The van der Waals surface area contributed by atoms with Crippen LogP contribution >= 0.6 is 15.9 Å². The summed E-state index contributed by atoms with van der Waals surface area (Å²) in [6.07, 6.45) is 1.64. The third-order valence-corrected chi connectivity index (χ3v) is 6.22. The second kappa shape index (κ2) is 9.77. The van der Waals surface area contributed by atoms with E-state index in [9.17, 15) is 4.79 Å². The molecule has 0 spiro atoms. The van der Waals surface area contributed by atoms with Gasteiger partial charge in [-0.3, -0.25) is 9.69 Å². The Morgan fingerprint density at radius 1 is 1.16 bits per heavy atom. The third kappa shape index (κ3) is 5.06. The molecule has 1 amide bonds. The van der Waals surface area contributed by atoms with Crippen molar-refractivity contribution in [3.05, 3.63) is 81.6 Å². The van der Waals surface area contributed by atoms with Gasteiger partial charge >= 0.3 is 0 Å². The second-order valence-electron chi connectivity index (χ2n) is 7.82. The summed E-state index contributed by atoms with van der Waals surface area (Å²) in [5.41, 5.74) is 4.76. The van der Waals surface area contributed by atoms with Gasteiger partial charge in [0.05, 0.1) is 42.4 Å². The molecule has 162 valence electrons. The highest BCUT2D eigenvalue weighted by molar-refractivity contribution is 9.10. The van der Waals surface area contributed by atoms with Gasteiger partial charge in [0.2, 0.25) is 0 Å². The predicted octanol–water partition coefficient (Wildman–Crippen LogP) is 4.05. The topological polar surface area (TPSA) is 59.4 Å². The van der Waals surface area contributed by atoms with Crippen molar-refractivity contribution in [2.24, 2.45) is 0 Å². The molecule has 1 saturated heterocycles. The van der Waals surface area contributed by atoms with Crippen LogP contribution in [0.25, 0.3) is 5.69 Å². The Bertz CT molecular complexity index is 1040. The van der Waals surface area contributed by atoms with Gasteiger partial charge in [-0.1, -0.05) is 45.8 Å². The average Bonchev–Trinajstić information content (AvgIpc) is 3.16. The summed E-state index contributed by atoms with van der Waals surface area (Å²) in [6, 6.07) is 16.5. The summed E-state index contributed by atoms with van der Waals surface area (Å²) >= 11 is 3.45. The number of ether oxygens (including phenoxy) is 1. The molecule has 1 aliphatic heterocycles. The zero-order valence-corrected chi connectivity index (χ0v) is 19.4. The number of carbonyl (C=O) groups excluding carboxylic acids is 1. The van der Waals surface area contributed by atoms with Crippen LogP contribution in [-0.2, 0) is 4.74 Å². The molecule has 6 nitrogen and oxygen atoms in total. The molecule has 0 bridgehead atoms. The van der Waals surface area contributed by atoms with E-state index >= 15 is 0 Å². The lowest BCUT2D eigenvalue weighted by Crippen LogP contribution is -2.43. The number of halogens is 1. The molecule has 1 unspecified atom stereocenters. The van der Waals surface area contributed by atoms with Gasteiger partial charge in [0.25, 0.3) is 5.91 Å². The second-order valence-corrected chi connectivity index (χ2v) is 8.74. The van der Waals surface area contributed by atoms with Crippen LogP contribution in [0.2, 0.25) is 0 Å². The first-order chi connectivity index (χ1) is 15.0. The largest absolute Gasteiger partial charge is 0.379 e. The summed E-state index contributed by atoms with van der Waals surface area (Å²) < 4.78 is 8.33. The van der Waals surface area contributed by atoms with E-state index in [1.165, 1.54) is 11.1 Å². The quantitative estimate of drug-likeness (QED) is 0.575. The highest BCUT2D eigenvalue weighted by atomic mass is 79.9. The maximum Gasteiger partial charge on any atom is 0.254 e. The molecule has 1 aliphatic rings. The van der Waals surface area contributed by atoms with Gasteiger partial charge in [-0.15, -0.1) is 0 Å². The molecule has 0 saturated carbocycles. The Balaban J connectivity index is 1.51. The van der Waals surface area contributed by atoms with E-state index in [1.807, 2.05) is 31.2 Å². The molecule has 1 atom stereocenters. The fraction of sp³-hybridized carbons (Fsp3) is 0.333. The third-order valence-electron chi connectivity index (χ3n) is 5.69. The van der Waals surface area contributed by atoms with Crippen LogP contribution in [0.3, 0.4) is 0 Å². The normalized spacial score (nSPS) is 15.6. The van der Waals surface area contributed by atoms with Crippen LogP contribution in [0, 0.1) is 13.8 Å². The molecular formula is C24H27BrN4O2. The number of carbonyl (C=O) groups is 1. The Morgan fingerprint density at radius 2 is 1.90 bits per heavy atom. The Morgan fingerprint density at radius 3 is 2.61 bits per heavy atom. The number of aryl methyl sites for hydroxylation is 1. The zero-order chi connectivity index (χ0) is 21.8. The lowest BCUT2D eigenvalue weighted by atomic mass is 10.0. The summed E-state index contributed by atoms with van der Waals surface area (Å²) in [4.78, 5) is 15.4. The molecule has 3 aromatic rings. The average molecular weight is 483 g/mol. The lowest BCUT2D eigenvalue weighted by Gasteiger charge is -2.35. The smallest absolute Gasteiger partial charge is 0.254 e. The SMILES string of the molecule is Cc1cccc(C(CNC(=O)c2cnn(-c3ccc(Br)cc3)c2C)N2CCOCC2)c1. The molecule has 7 heteroatoms. The molecule has 2 heterocycles. The van der Waals surface area contributed by atoms with Gasteiger partial charge < -0.3 is 10.1 Å². The number of amides is 1. The minimum Gasteiger partial charge on any atom is -0.379 e. The van der Waals surface area contributed by atoms with Gasteiger partial charge in [-0.05, 0) is 43.7 Å². The van der Waals surface area contributed by atoms with Gasteiger partial charge in [-0.2, -0.15) is 5.10 Å². The first-order valence-electron chi connectivity index (χ1n) is 10.5.